The van der Waals surface area contributed by atoms with Crippen LogP contribution in [0.4, 0.5) is 4.79 Å². The van der Waals surface area contributed by atoms with E-state index >= 15 is 0 Å². The molecule has 0 atom stereocenters. The highest BCUT2D eigenvalue weighted by molar-refractivity contribution is 9.10. The van der Waals surface area contributed by atoms with Gasteiger partial charge in [-0.15, -0.1) is 11.3 Å². The second-order valence-corrected chi connectivity index (χ2v) is 8.21. The Balaban J connectivity index is 1.94. The van der Waals surface area contributed by atoms with Crippen LogP contribution in [0.1, 0.15) is 0 Å². The first-order valence-corrected chi connectivity index (χ1v) is 9.26. The summed E-state index contributed by atoms with van der Waals surface area (Å²) >= 11 is 5.17. The lowest BCUT2D eigenvalue weighted by molar-refractivity contribution is -0.124. The molecule has 10 heteroatoms. The van der Waals surface area contributed by atoms with Crippen LogP contribution >= 0.6 is 39.0 Å². The number of amides is 2. The van der Waals surface area contributed by atoms with Gasteiger partial charge in [0, 0.05) is 17.6 Å². The van der Waals surface area contributed by atoms with Crippen molar-refractivity contribution in [3.05, 3.63) is 15.9 Å². The zero-order chi connectivity index (χ0) is 14.0. The fourth-order valence-corrected chi connectivity index (χ4v) is 5.58. The van der Waals surface area contributed by atoms with Crippen LogP contribution in [0.3, 0.4) is 0 Å². The highest BCUT2D eigenvalue weighted by Gasteiger charge is 2.29. The molecule has 2 heterocycles. The number of sulfonamides is 1. The Kier molecular flexibility index (Phi) is 4.66. The molecule has 1 aromatic rings. The third kappa shape index (κ3) is 3.37. The first-order chi connectivity index (χ1) is 8.92. The number of hydrogen-bond acceptors (Lipinski definition) is 6. The number of hydrogen-bond donors (Lipinski definition) is 1. The Hall–Kier alpha value is -0.420. The van der Waals surface area contributed by atoms with E-state index in [1.807, 2.05) is 0 Å². The zero-order valence-electron chi connectivity index (χ0n) is 9.46. The van der Waals surface area contributed by atoms with E-state index in [4.69, 9.17) is 0 Å². The van der Waals surface area contributed by atoms with E-state index in [2.05, 4.69) is 20.7 Å². The van der Waals surface area contributed by atoms with Gasteiger partial charge in [0.25, 0.3) is 15.3 Å². The molecule has 0 aromatic carbocycles. The van der Waals surface area contributed by atoms with Gasteiger partial charge in [-0.3, -0.25) is 14.5 Å². The molecule has 2 amide bonds. The molecule has 0 aliphatic carbocycles. The van der Waals surface area contributed by atoms with Crippen LogP contribution in [0.25, 0.3) is 0 Å². The van der Waals surface area contributed by atoms with Crippen molar-refractivity contribution in [3.63, 3.8) is 0 Å². The van der Waals surface area contributed by atoms with Crippen LogP contribution in [-0.4, -0.2) is 43.3 Å². The van der Waals surface area contributed by atoms with Crippen molar-refractivity contribution in [1.29, 1.82) is 0 Å². The fourth-order valence-electron chi connectivity index (χ4n) is 1.43. The number of nitrogens with zero attached hydrogens (tertiary/aromatic N) is 1. The largest absolute Gasteiger partial charge is 0.288 e. The molecule has 104 valence electrons. The smallest absolute Gasteiger partial charge is 0.273 e. The average Bonchev–Trinajstić information content (AvgIpc) is 2.89. The molecule has 0 spiro atoms. The van der Waals surface area contributed by atoms with Crippen LogP contribution in [-0.2, 0) is 14.8 Å². The number of thioether (sulfide) groups is 1. The molecular formula is C9H9BrN2O4S3. The van der Waals surface area contributed by atoms with E-state index in [0.29, 0.717) is 4.47 Å². The van der Waals surface area contributed by atoms with Crippen molar-refractivity contribution in [1.82, 2.24) is 9.62 Å². The minimum atomic E-state index is -3.61. The van der Waals surface area contributed by atoms with Crippen LogP contribution in [0.5, 0.6) is 0 Å². The Bertz CT molecular complexity index is 597. The number of carbonyl (C=O) groups excluding carboxylic acids is 2. The van der Waals surface area contributed by atoms with Gasteiger partial charge in [-0.05, 0) is 27.4 Å². The lowest BCUT2D eigenvalue weighted by atomic mass is 10.5. The normalized spacial score (nSPS) is 16.4. The zero-order valence-corrected chi connectivity index (χ0v) is 13.5. The first-order valence-electron chi connectivity index (χ1n) is 5.11. The Morgan fingerprint density at radius 3 is 2.68 bits per heavy atom. The van der Waals surface area contributed by atoms with Crippen molar-refractivity contribution in [2.75, 3.05) is 18.8 Å². The summed E-state index contributed by atoms with van der Waals surface area (Å²) in [5, 5.41) is 1.32. The van der Waals surface area contributed by atoms with Gasteiger partial charge in [-0.2, -0.15) is 0 Å². The minimum Gasteiger partial charge on any atom is -0.273 e. The summed E-state index contributed by atoms with van der Waals surface area (Å²) in [6.45, 7) is 0.0532. The third-order valence-electron chi connectivity index (χ3n) is 2.30. The molecule has 6 nitrogen and oxygen atoms in total. The van der Waals surface area contributed by atoms with Gasteiger partial charge in [-0.25, -0.2) is 13.1 Å². The van der Waals surface area contributed by atoms with Crippen molar-refractivity contribution in [2.45, 2.75) is 4.21 Å². The van der Waals surface area contributed by atoms with E-state index < -0.39 is 10.0 Å². The van der Waals surface area contributed by atoms with Gasteiger partial charge < -0.3 is 0 Å². The van der Waals surface area contributed by atoms with E-state index in [1.165, 1.54) is 0 Å². The molecule has 0 bridgehead atoms. The van der Waals surface area contributed by atoms with Crippen molar-refractivity contribution < 1.29 is 18.0 Å². The van der Waals surface area contributed by atoms with Crippen LogP contribution in [0.15, 0.2) is 20.1 Å². The predicted molar refractivity (Wildman–Crippen MR) is 76.8 cm³/mol. The molecule has 19 heavy (non-hydrogen) atoms. The highest BCUT2D eigenvalue weighted by Crippen LogP contribution is 2.27. The van der Waals surface area contributed by atoms with Crippen molar-refractivity contribution >= 4 is 60.2 Å². The van der Waals surface area contributed by atoms with Gasteiger partial charge in [0.15, 0.2) is 0 Å². The maximum absolute atomic E-state index is 11.9. The lowest BCUT2D eigenvalue weighted by Gasteiger charge is -2.12. The number of thiophene rings is 1. The molecule has 2 rings (SSSR count). The molecule has 1 saturated heterocycles. The second kappa shape index (κ2) is 5.92. The summed E-state index contributed by atoms with van der Waals surface area (Å²) < 4.78 is 26.9. The van der Waals surface area contributed by atoms with Crippen molar-refractivity contribution in [2.24, 2.45) is 0 Å². The van der Waals surface area contributed by atoms with Crippen LogP contribution in [0.2, 0.25) is 0 Å². The average molecular weight is 385 g/mol. The Morgan fingerprint density at radius 2 is 2.16 bits per heavy atom. The lowest BCUT2D eigenvalue weighted by Crippen LogP contribution is -2.37. The summed E-state index contributed by atoms with van der Waals surface area (Å²) in [4.78, 5) is 23.7. The SMILES string of the molecule is O=C1CSC(=O)N1CCNS(=O)(=O)c1sccc1Br. The number of nitrogens with one attached hydrogen (secondary N) is 1. The Labute approximate surface area is 126 Å². The molecule has 1 aliphatic rings. The topological polar surface area (TPSA) is 83.6 Å². The molecule has 0 radical (unpaired) electrons. The standard InChI is InChI=1S/C9H9BrN2O4S3/c10-6-1-4-17-8(6)19(15,16)11-2-3-12-7(13)5-18-9(12)14/h1,4,11H,2-3,5H2. The molecular weight excluding hydrogens is 376 g/mol. The maximum atomic E-state index is 11.9. The number of rotatable bonds is 5. The van der Waals surface area contributed by atoms with E-state index in [0.717, 1.165) is 28.0 Å². The molecule has 0 saturated carbocycles. The number of imide groups is 1. The predicted octanol–water partition coefficient (Wildman–Crippen LogP) is 1.48. The molecule has 1 aliphatic heterocycles. The second-order valence-electron chi connectivity index (χ2n) is 3.55. The summed E-state index contributed by atoms with van der Waals surface area (Å²) in [6.07, 6.45) is 0. The third-order valence-corrected chi connectivity index (χ3v) is 7.29. The molecule has 0 unspecified atom stereocenters. The fraction of sp³-hybridized carbons (Fsp3) is 0.333. The molecule has 1 aromatic heterocycles. The van der Waals surface area contributed by atoms with E-state index in [-0.39, 0.29) is 34.2 Å². The molecule has 1 N–H and O–H groups in total. The van der Waals surface area contributed by atoms with Crippen LogP contribution < -0.4 is 4.72 Å². The van der Waals surface area contributed by atoms with Gasteiger partial charge in [0.1, 0.15) is 4.21 Å². The van der Waals surface area contributed by atoms with Gasteiger partial charge in [-0.1, -0.05) is 11.8 Å². The maximum Gasteiger partial charge on any atom is 0.288 e. The van der Waals surface area contributed by atoms with Gasteiger partial charge >= 0.3 is 0 Å². The summed E-state index contributed by atoms with van der Waals surface area (Å²) in [5.74, 6) is -0.159. The summed E-state index contributed by atoms with van der Waals surface area (Å²) in [5.41, 5.74) is 0. The van der Waals surface area contributed by atoms with Crippen LogP contribution in [0, 0.1) is 0 Å². The monoisotopic (exact) mass is 384 g/mol. The van der Waals surface area contributed by atoms with E-state index in [1.54, 1.807) is 11.4 Å². The van der Waals surface area contributed by atoms with Gasteiger partial charge in [0.05, 0.1) is 5.75 Å². The number of halogens is 1. The first kappa shape index (κ1) is 15.0. The number of carbonyl (C=O) groups is 2. The Morgan fingerprint density at radius 1 is 1.42 bits per heavy atom. The molecule has 1 fully saturated rings. The quantitative estimate of drug-likeness (QED) is 0.830. The highest BCUT2D eigenvalue weighted by atomic mass is 79.9. The summed E-state index contributed by atoms with van der Waals surface area (Å²) in [6, 6.07) is 1.64. The summed E-state index contributed by atoms with van der Waals surface area (Å²) in [7, 11) is -3.61. The van der Waals surface area contributed by atoms with Gasteiger partial charge in [0.2, 0.25) is 5.91 Å². The minimum absolute atomic E-state index is 0.00468. The van der Waals surface area contributed by atoms with Crippen molar-refractivity contribution in [3.8, 4) is 0 Å². The van der Waals surface area contributed by atoms with E-state index in [9.17, 15) is 18.0 Å².